The molecule has 0 bridgehead atoms. The molecule has 1 N–H and O–H groups in total. The lowest BCUT2D eigenvalue weighted by Gasteiger charge is -2.35. The van der Waals surface area contributed by atoms with Crippen LogP contribution < -0.4 is 5.32 Å². The molecule has 2 aliphatic rings. The highest BCUT2D eigenvalue weighted by Gasteiger charge is 2.23. The molecular weight excluding hydrogens is 274 g/mol. The number of pyridine rings is 1. The lowest BCUT2D eigenvalue weighted by atomic mass is 9.88. The molecule has 1 amide bonds. The van der Waals surface area contributed by atoms with Crippen LogP contribution in [-0.2, 0) is 0 Å². The van der Waals surface area contributed by atoms with Crippen molar-refractivity contribution in [2.45, 2.75) is 51.0 Å². The molecule has 1 aromatic rings. The number of hydrogen-bond donors (Lipinski definition) is 1. The van der Waals surface area contributed by atoms with Crippen LogP contribution in [0, 0.1) is 5.92 Å². The van der Waals surface area contributed by atoms with E-state index >= 15 is 0 Å². The number of nitrogens with one attached hydrogen (secondary N) is 1. The lowest BCUT2D eigenvalue weighted by Crippen LogP contribution is -2.45. The van der Waals surface area contributed by atoms with Crippen molar-refractivity contribution in [1.29, 1.82) is 0 Å². The smallest absolute Gasteiger partial charge is 0.253 e. The second-order valence-electron chi connectivity index (χ2n) is 6.79. The fraction of sp³-hybridized carbons (Fsp3) is 0.667. The molecule has 120 valence electrons. The zero-order valence-corrected chi connectivity index (χ0v) is 13.3. The SMILES string of the molecule is O=C(NC1CCN(CC2CCCCC2)CC1)c1cccnc1. The van der Waals surface area contributed by atoms with Crippen LogP contribution in [0.3, 0.4) is 0 Å². The molecule has 1 aliphatic heterocycles. The first-order chi connectivity index (χ1) is 10.8. The highest BCUT2D eigenvalue weighted by atomic mass is 16.1. The van der Waals surface area contributed by atoms with E-state index in [1.54, 1.807) is 12.4 Å². The molecule has 4 heteroatoms. The third-order valence-corrected chi connectivity index (χ3v) is 5.09. The van der Waals surface area contributed by atoms with Gasteiger partial charge in [0, 0.05) is 38.1 Å². The van der Waals surface area contributed by atoms with Gasteiger partial charge in [0.05, 0.1) is 5.56 Å². The Balaban J connectivity index is 1.41. The van der Waals surface area contributed by atoms with Gasteiger partial charge in [0.25, 0.3) is 5.91 Å². The molecule has 1 saturated carbocycles. The normalized spacial score (nSPS) is 21.6. The minimum absolute atomic E-state index is 0.0128. The fourth-order valence-corrected chi connectivity index (χ4v) is 3.76. The summed E-state index contributed by atoms with van der Waals surface area (Å²) < 4.78 is 0. The number of nitrogens with zero attached hydrogens (tertiary/aromatic N) is 2. The van der Waals surface area contributed by atoms with Crippen LogP contribution in [0.2, 0.25) is 0 Å². The number of carbonyl (C=O) groups is 1. The summed E-state index contributed by atoms with van der Waals surface area (Å²) in [6, 6.07) is 3.94. The van der Waals surface area contributed by atoms with E-state index in [-0.39, 0.29) is 5.91 Å². The predicted octanol–water partition coefficient (Wildman–Crippen LogP) is 2.86. The molecule has 4 nitrogen and oxygen atoms in total. The Hall–Kier alpha value is -1.42. The monoisotopic (exact) mass is 301 g/mol. The number of likely N-dealkylation sites (tertiary alicyclic amines) is 1. The molecule has 0 aromatic carbocycles. The summed E-state index contributed by atoms with van der Waals surface area (Å²) >= 11 is 0. The summed E-state index contributed by atoms with van der Waals surface area (Å²) in [6.07, 6.45) is 12.6. The molecule has 1 aliphatic carbocycles. The van der Waals surface area contributed by atoms with Crippen molar-refractivity contribution in [2.24, 2.45) is 5.92 Å². The molecule has 0 spiro atoms. The minimum Gasteiger partial charge on any atom is -0.349 e. The van der Waals surface area contributed by atoms with Crippen molar-refractivity contribution in [1.82, 2.24) is 15.2 Å². The van der Waals surface area contributed by atoms with E-state index in [1.165, 1.54) is 38.6 Å². The van der Waals surface area contributed by atoms with Crippen molar-refractivity contribution in [2.75, 3.05) is 19.6 Å². The van der Waals surface area contributed by atoms with E-state index in [1.807, 2.05) is 12.1 Å². The summed E-state index contributed by atoms with van der Waals surface area (Å²) in [5, 5.41) is 3.15. The molecule has 0 radical (unpaired) electrons. The maximum atomic E-state index is 12.1. The highest BCUT2D eigenvalue weighted by Crippen LogP contribution is 2.25. The molecule has 3 rings (SSSR count). The standard InChI is InChI=1S/C18H27N3O/c22-18(16-7-4-10-19-13-16)20-17-8-11-21(12-9-17)14-15-5-2-1-3-6-15/h4,7,10,13,15,17H,1-3,5-6,8-9,11-12,14H2,(H,20,22). The van der Waals surface area contributed by atoms with Gasteiger partial charge in [-0.1, -0.05) is 19.3 Å². The minimum atomic E-state index is 0.0128. The Morgan fingerprint density at radius 1 is 1.18 bits per heavy atom. The van der Waals surface area contributed by atoms with Gasteiger partial charge >= 0.3 is 0 Å². The molecule has 1 aromatic heterocycles. The van der Waals surface area contributed by atoms with E-state index < -0.39 is 0 Å². The highest BCUT2D eigenvalue weighted by molar-refractivity contribution is 5.93. The van der Waals surface area contributed by atoms with Gasteiger partial charge in [-0.3, -0.25) is 9.78 Å². The Labute approximate surface area is 133 Å². The molecule has 0 atom stereocenters. The molecule has 2 heterocycles. The second-order valence-corrected chi connectivity index (χ2v) is 6.79. The van der Waals surface area contributed by atoms with E-state index in [0.29, 0.717) is 11.6 Å². The number of rotatable bonds is 4. The molecular formula is C18H27N3O. The number of piperidine rings is 1. The van der Waals surface area contributed by atoms with E-state index in [0.717, 1.165) is 31.8 Å². The van der Waals surface area contributed by atoms with Crippen molar-refractivity contribution in [3.63, 3.8) is 0 Å². The number of aromatic nitrogens is 1. The van der Waals surface area contributed by atoms with Gasteiger partial charge in [0.1, 0.15) is 0 Å². The first kappa shape index (κ1) is 15.5. The zero-order chi connectivity index (χ0) is 15.2. The average Bonchev–Trinajstić information content (AvgIpc) is 2.58. The zero-order valence-electron chi connectivity index (χ0n) is 13.3. The van der Waals surface area contributed by atoms with Gasteiger partial charge in [-0.15, -0.1) is 0 Å². The largest absolute Gasteiger partial charge is 0.349 e. The van der Waals surface area contributed by atoms with Gasteiger partial charge in [-0.25, -0.2) is 0 Å². The topological polar surface area (TPSA) is 45.2 Å². The lowest BCUT2D eigenvalue weighted by molar-refractivity contribution is 0.0901. The quantitative estimate of drug-likeness (QED) is 0.930. The molecule has 1 saturated heterocycles. The predicted molar refractivity (Wildman–Crippen MR) is 87.7 cm³/mol. The first-order valence-electron chi connectivity index (χ1n) is 8.74. The van der Waals surface area contributed by atoms with E-state index in [4.69, 9.17) is 0 Å². The summed E-state index contributed by atoms with van der Waals surface area (Å²) in [4.78, 5) is 18.8. The Bertz CT molecular complexity index is 462. The number of carbonyl (C=O) groups excluding carboxylic acids is 1. The second kappa shape index (κ2) is 7.73. The maximum Gasteiger partial charge on any atom is 0.253 e. The van der Waals surface area contributed by atoms with Crippen LogP contribution in [0.4, 0.5) is 0 Å². The molecule has 0 unspecified atom stereocenters. The molecule has 2 fully saturated rings. The van der Waals surface area contributed by atoms with Crippen LogP contribution in [0.25, 0.3) is 0 Å². The van der Waals surface area contributed by atoms with Crippen LogP contribution in [0.1, 0.15) is 55.3 Å². The van der Waals surface area contributed by atoms with Crippen LogP contribution in [-0.4, -0.2) is 41.5 Å². The van der Waals surface area contributed by atoms with E-state index in [9.17, 15) is 4.79 Å². The fourth-order valence-electron chi connectivity index (χ4n) is 3.76. The van der Waals surface area contributed by atoms with Crippen molar-refractivity contribution in [3.8, 4) is 0 Å². The third-order valence-electron chi connectivity index (χ3n) is 5.09. The summed E-state index contributed by atoms with van der Waals surface area (Å²) in [5.74, 6) is 0.925. The van der Waals surface area contributed by atoms with Crippen LogP contribution in [0.15, 0.2) is 24.5 Å². The maximum absolute atomic E-state index is 12.1. The van der Waals surface area contributed by atoms with Crippen molar-refractivity contribution in [3.05, 3.63) is 30.1 Å². The summed E-state index contributed by atoms with van der Waals surface area (Å²) in [6.45, 7) is 3.51. The van der Waals surface area contributed by atoms with Gasteiger partial charge in [-0.05, 0) is 43.7 Å². The van der Waals surface area contributed by atoms with Crippen molar-refractivity contribution < 1.29 is 4.79 Å². The summed E-state index contributed by atoms with van der Waals surface area (Å²) in [7, 11) is 0. The average molecular weight is 301 g/mol. The van der Waals surface area contributed by atoms with Gasteiger partial charge in [-0.2, -0.15) is 0 Å². The van der Waals surface area contributed by atoms with Gasteiger partial charge < -0.3 is 10.2 Å². The van der Waals surface area contributed by atoms with Crippen molar-refractivity contribution >= 4 is 5.91 Å². The van der Waals surface area contributed by atoms with Gasteiger partial charge in [0.2, 0.25) is 0 Å². The van der Waals surface area contributed by atoms with Crippen LogP contribution in [0.5, 0.6) is 0 Å². The van der Waals surface area contributed by atoms with Gasteiger partial charge in [0.15, 0.2) is 0 Å². The Morgan fingerprint density at radius 2 is 1.95 bits per heavy atom. The van der Waals surface area contributed by atoms with E-state index in [2.05, 4.69) is 15.2 Å². The third kappa shape index (κ3) is 4.29. The summed E-state index contributed by atoms with van der Waals surface area (Å²) in [5.41, 5.74) is 0.659. The Morgan fingerprint density at radius 3 is 2.64 bits per heavy atom. The number of hydrogen-bond acceptors (Lipinski definition) is 3. The first-order valence-corrected chi connectivity index (χ1v) is 8.74. The Kier molecular flexibility index (Phi) is 5.43. The molecule has 22 heavy (non-hydrogen) atoms. The number of amides is 1. The van der Waals surface area contributed by atoms with Crippen LogP contribution >= 0.6 is 0 Å².